The Labute approximate surface area is 353 Å². The predicted octanol–water partition coefficient (Wildman–Crippen LogP) is 1.10. The van der Waals surface area contributed by atoms with E-state index in [1.807, 2.05) is 0 Å². The third-order valence-electron chi connectivity index (χ3n) is 8.02. The largest absolute Gasteiger partial charge is 0.481 e. The predicted molar refractivity (Wildman–Crippen MR) is 216 cm³/mol. The van der Waals surface area contributed by atoms with Crippen molar-refractivity contribution >= 4 is 81.2 Å². The summed E-state index contributed by atoms with van der Waals surface area (Å²) in [6, 6.07) is 2.49. The first kappa shape index (κ1) is 52.2. The van der Waals surface area contributed by atoms with E-state index in [1.165, 1.54) is 0 Å². The van der Waals surface area contributed by atoms with Crippen LogP contribution in [0.25, 0.3) is 0 Å². The lowest BCUT2D eigenvalue weighted by atomic mass is 9.90. The van der Waals surface area contributed by atoms with E-state index in [1.54, 1.807) is 44.2 Å². The highest BCUT2D eigenvalue weighted by molar-refractivity contribution is 8.76. The summed E-state index contributed by atoms with van der Waals surface area (Å²) in [6.45, 7) is 3.18. The number of Topliss-reactive ketones (excluding diaryl/α,β-unsaturated/α-hetero) is 1. The van der Waals surface area contributed by atoms with Crippen LogP contribution >= 0.6 is 21.6 Å². The number of aliphatic carboxylic acids is 4. The molecule has 0 fully saturated rings. The zero-order chi connectivity index (χ0) is 45.0. The SMILES string of the molecule is CC(C)C(=O)NNC(=O)OCCSSC[C@H](NC(=O)[C@@H](CC(=O)[C@H](CC(=O)O)NC(=O)NCCCC[C@H](NC(=O)NCCCC(=O)O)C(=O)O)Cc1ccccc1)C(=O)O. The molecule has 0 bridgehead atoms. The Kier molecular flexibility index (Phi) is 25.6. The molecular formula is C36H53N7O15S2. The van der Waals surface area contributed by atoms with Gasteiger partial charge in [0.15, 0.2) is 5.78 Å². The number of amides is 7. The van der Waals surface area contributed by atoms with Gasteiger partial charge < -0.3 is 51.7 Å². The highest BCUT2D eigenvalue weighted by Gasteiger charge is 2.32. The summed E-state index contributed by atoms with van der Waals surface area (Å²) in [5, 5.41) is 49.2. The number of carbonyl (C=O) groups excluding carboxylic acids is 6. The molecule has 334 valence electrons. The average molecular weight is 888 g/mol. The van der Waals surface area contributed by atoms with E-state index in [4.69, 9.17) is 9.84 Å². The van der Waals surface area contributed by atoms with Gasteiger partial charge in [0.1, 0.15) is 18.7 Å². The maximum atomic E-state index is 13.5. The Bertz CT molecular complexity index is 1620. The van der Waals surface area contributed by atoms with Crippen molar-refractivity contribution in [2.24, 2.45) is 11.8 Å². The number of ketones is 1. The summed E-state index contributed by atoms with van der Waals surface area (Å²) < 4.78 is 4.93. The third-order valence-corrected chi connectivity index (χ3v) is 10.4. The number of hydrogen-bond acceptors (Lipinski definition) is 13. The fourth-order valence-corrected chi connectivity index (χ4v) is 6.84. The van der Waals surface area contributed by atoms with Crippen molar-refractivity contribution in [1.82, 2.24) is 37.4 Å². The second-order valence-corrected chi connectivity index (χ2v) is 15.9. The summed E-state index contributed by atoms with van der Waals surface area (Å²) in [5.74, 6) is -8.63. The molecule has 60 heavy (non-hydrogen) atoms. The van der Waals surface area contributed by atoms with Crippen LogP contribution in [0.2, 0.25) is 0 Å². The summed E-state index contributed by atoms with van der Waals surface area (Å²) in [6.07, 6.45) is -1.94. The van der Waals surface area contributed by atoms with Crippen molar-refractivity contribution in [3.05, 3.63) is 35.9 Å². The van der Waals surface area contributed by atoms with Gasteiger partial charge in [0, 0.05) is 49.3 Å². The Balaban J connectivity index is 2.78. The Morgan fingerprint density at radius 3 is 1.87 bits per heavy atom. The molecule has 0 unspecified atom stereocenters. The van der Waals surface area contributed by atoms with Gasteiger partial charge in [-0.2, -0.15) is 0 Å². The molecule has 7 amide bonds. The van der Waals surface area contributed by atoms with Crippen molar-refractivity contribution in [3.8, 4) is 0 Å². The molecule has 0 spiro atoms. The van der Waals surface area contributed by atoms with Crippen LogP contribution in [-0.2, 0) is 44.7 Å². The number of rotatable bonds is 29. The molecule has 4 atom stereocenters. The van der Waals surface area contributed by atoms with Crippen molar-refractivity contribution in [1.29, 1.82) is 0 Å². The smallest absolute Gasteiger partial charge is 0.426 e. The second kappa shape index (κ2) is 29.4. The molecule has 0 saturated heterocycles. The minimum absolute atomic E-state index is 0.0204. The van der Waals surface area contributed by atoms with Crippen molar-refractivity contribution < 1.29 is 73.1 Å². The molecule has 0 heterocycles. The van der Waals surface area contributed by atoms with Gasteiger partial charge in [-0.1, -0.05) is 65.8 Å². The summed E-state index contributed by atoms with van der Waals surface area (Å²) in [4.78, 5) is 121. The number of urea groups is 2. The number of nitrogens with one attached hydrogen (secondary N) is 7. The normalized spacial score (nSPS) is 12.7. The lowest BCUT2D eigenvalue weighted by molar-refractivity contribution is -0.142. The second-order valence-electron chi connectivity index (χ2n) is 13.3. The molecule has 1 aromatic carbocycles. The van der Waals surface area contributed by atoms with E-state index in [0.717, 1.165) is 21.6 Å². The van der Waals surface area contributed by atoms with Gasteiger partial charge in [0.2, 0.25) is 11.8 Å². The fourth-order valence-electron chi connectivity index (χ4n) is 4.85. The molecule has 0 aliphatic rings. The number of hydrogen-bond donors (Lipinski definition) is 11. The van der Waals surface area contributed by atoms with Crippen molar-refractivity contribution in [2.45, 2.75) is 83.3 Å². The molecule has 11 N–H and O–H groups in total. The Hall–Kier alpha value is -5.78. The van der Waals surface area contributed by atoms with Crippen molar-refractivity contribution in [3.63, 3.8) is 0 Å². The van der Waals surface area contributed by atoms with Gasteiger partial charge in [0.25, 0.3) is 0 Å². The van der Waals surface area contributed by atoms with Gasteiger partial charge in [0.05, 0.1) is 12.5 Å². The van der Waals surface area contributed by atoms with E-state index in [-0.39, 0.29) is 75.6 Å². The van der Waals surface area contributed by atoms with Crippen LogP contribution in [0.1, 0.15) is 64.4 Å². The molecular weight excluding hydrogens is 835 g/mol. The van der Waals surface area contributed by atoms with Gasteiger partial charge in [-0.25, -0.2) is 29.4 Å². The summed E-state index contributed by atoms with van der Waals surface area (Å²) in [5.41, 5.74) is 4.89. The van der Waals surface area contributed by atoms with E-state index >= 15 is 0 Å². The van der Waals surface area contributed by atoms with Crippen LogP contribution < -0.4 is 37.4 Å². The van der Waals surface area contributed by atoms with Crippen LogP contribution in [0, 0.1) is 11.8 Å². The molecule has 0 aliphatic heterocycles. The standard InChI is InChI=1S/C36H53N7O15S2/c1-21(2)30(49)42-43-36(57)58-15-16-59-60-20-26(33(53)54)39-31(50)23(17-22-9-4-3-5-10-22)18-27(44)25(19-29(47)48)41-35(56)37-13-7-6-11-24(32(51)52)40-34(55)38-14-8-12-28(45)46/h3-5,9-10,21,23-26H,6-8,11-20H2,1-2H3,(H,39,50)(H,42,49)(H,43,57)(H,45,46)(H,47,48)(H,51,52)(H,53,54)(H2,37,41,56)(H2,38,40,55)/t23-,24+,25+,26+/m1/s1. The zero-order valence-electron chi connectivity index (χ0n) is 33.1. The van der Waals surface area contributed by atoms with Gasteiger partial charge >= 0.3 is 42.0 Å². The van der Waals surface area contributed by atoms with Gasteiger partial charge in [-0.15, -0.1) is 0 Å². The van der Waals surface area contributed by atoms with Crippen molar-refractivity contribution in [2.75, 3.05) is 31.2 Å². The molecule has 0 aromatic heterocycles. The first-order chi connectivity index (χ1) is 28.4. The molecule has 1 rings (SSSR count). The maximum absolute atomic E-state index is 13.5. The number of carbonyl (C=O) groups is 10. The zero-order valence-corrected chi connectivity index (χ0v) is 34.7. The van der Waals surface area contributed by atoms with E-state index in [0.29, 0.717) is 5.56 Å². The number of hydrazine groups is 1. The maximum Gasteiger partial charge on any atom is 0.426 e. The molecule has 22 nitrogen and oxygen atoms in total. The quantitative estimate of drug-likeness (QED) is 0.0305. The third kappa shape index (κ3) is 24.2. The van der Waals surface area contributed by atoms with E-state index in [9.17, 15) is 63.3 Å². The highest BCUT2D eigenvalue weighted by atomic mass is 33.1. The molecule has 0 radical (unpaired) electrons. The highest BCUT2D eigenvalue weighted by Crippen LogP contribution is 2.23. The lowest BCUT2D eigenvalue weighted by Crippen LogP contribution is -2.49. The van der Waals surface area contributed by atoms with Crippen LogP contribution in [0.3, 0.4) is 0 Å². The van der Waals surface area contributed by atoms with Crippen LogP contribution in [0.15, 0.2) is 30.3 Å². The summed E-state index contributed by atoms with van der Waals surface area (Å²) >= 11 is 0. The number of ether oxygens (including phenoxy) is 1. The Morgan fingerprint density at radius 2 is 1.28 bits per heavy atom. The molecule has 1 aromatic rings. The minimum atomic E-state index is -1.58. The number of unbranched alkanes of at least 4 members (excludes halogenated alkanes) is 1. The first-order valence-electron chi connectivity index (χ1n) is 18.7. The molecule has 24 heteroatoms. The summed E-state index contributed by atoms with van der Waals surface area (Å²) in [7, 11) is 2.21. The van der Waals surface area contributed by atoms with Crippen LogP contribution in [0.5, 0.6) is 0 Å². The van der Waals surface area contributed by atoms with E-state index < -0.39 is 96.5 Å². The van der Waals surface area contributed by atoms with E-state index in [2.05, 4.69) is 37.4 Å². The van der Waals surface area contributed by atoms with Crippen LogP contribution in [-0.4, -0.2) is 129 Å². The molecule has 0 saturated carbocycles. The molecule has 0 aliphatic carbocycles. The monoisotopic (exact) mass is 887 g/mol. The fraction of sp³-hybridized carbons (Fsp3) is 0.556. The topological polar surface area (TPSA) is 345 Å². The lowest BCUT2D eigenvalue weighted by Gasteiger charge is -2.22. The average Bonchev–Trinajstić information content (AvgIpc) is 3.18. The first-order valence-corrected chi connectivity index (χ1v) is 21.2. The number of carboxylic acid groups (broad SMARTS) is 4. The minimum Gasteiger partial charge on any atom is -0.481 e. The van der Waals surface area contributed by atoms with Crippen LogP contribution in [0.4, 0.5) is 14.4 Å². The number of carboxylic acids is 4. The van der Waals surface area contributed by atoms with Gasteiger partial charge in [-0.05, 0) is 37.7 Å². The number of benzene rings is 1. The van der Waals surface area contributed by atoms with Gasteiger partial charge in [-0.3, -0.25) is 29.4 Å². The Morgan fingerprint density at radius 1 is 0.667 bits per heavy atom.